The molecule has 0 unspecified atom stereocenters. The fraction of sp³-hybridized carbons (Fsp3) is 0.125. The van der Waals surface area contributed by atoms with E-state index in [2.05, 4.69) is 21.2 Å². The van der Waals surface area contributed by atoms with Crippen LogP contribution in [0, 0.1) is 10.1 Å². The quantitative estimate of drug-likeness (QED) is 0.413. The maximum absolute atomic E-state index is 12.1. The third-order valence-corrected chi connectivity index (χ3v) is 4.17. The van der Waals surface area contributed by atoms with Crippen LogP contribution >= 0.6 is 27.5 Å². The van der Waals surface area contributed by atoms with Gasteiger partial charge in [0.25, 0.3) is 11.6 Å². The number of methoxy groups -OCH3 is 1. The van der Waals surface area contributed by atoms with Crippen LogP contribution in [0.4, 0.5) is 11.4 Å². The lowest BCUT2D eigenvalue weighted by Crippen LogP contribution is -2.21. The zero-order valence-corrected chi connectivity index (χ0v) is 15.7. The molecule has 2 aromatic rings. The molecule has 1 amide bonds. The van der Waals surface area contributed by atoms with E-state index in [0.29, 0.717) is 10.2 Å². The number of anilines is 1. The summed E-state index contributed by atoms with van der Waals surface area (Å²) in [6, 6.07) is 8.53. The predicted molar refractivity (Wildman–Crippen MR) is 97.7 cm³/mol. The number of ether oxygens (including phenoxy) is 2. The first-order chi connectivity index (χ1) is 12.3. The molecule has 136 valence electrons. The summed E-state index contributed by atoms with van der Waals surface area (Å²) in [4.78, 5) is 34.2. The SMILES string of the molecule is COc1ccc(Br)c(C(=O)OCC(=O)Nc2ccc(Cl)c([N+](=O)[O-])c2)c1. The van der Waals surface area contributed by atoms with E-state index in [0.717, 1.165) is 6.07 Å². The van der Waals surface area contributed by atoms with Gasteiger partial charge < -0.3 is 14.8 Å². The van der Waals surface area contributed by atoms with E-state index in [1.54, 1.807) is 12.1 Å². The standard InChI is InChI=1S/C16H12BrClN2O6/c1-25-10-3-4-12(17)11(7-10)16(22)26-8-15(21)19-9-2-5-13(18)14(6-9)20(23)24/h2-7H,8H2,1H3,(H,19,21). The van der Waals surface area contributed by atoms with Crippen LogP contribution < -0.4 is 10.1 Å². The molecule has 0 aliphatic carbocycles. The molecular formula is C16H12BrClN2O6. The van der Waals surface area contributed by atoms with Gasteiger partial charge in [-0.05, 0) is 46.3 Å². The number of esters is 1. The van der Waals surface area contributed by atoms with Crippen molar-refractivity contribution in [3.05, 3.63) is 61.6 Å². The maximum Gasteiger partial charge on any atom is 0.339 e. The molecule has 0 heterocycles. The fourth-order valence-corrected chi connectivity index (χ4v) is 2.52. The van der Waals surface area contributed by atoms with Gasteiger partial charge in [0.1, 0.15) is 10.8 Å². The Morgan fingerprint density at radius 1 is 1.27 bits per heavy atom. The molecule has 1 N–H and O–H groups in total. The summed E-state index contributed by atoms with van der Waals surface area (Å²) in [5.74, 6) is -0.930. The van der Waals surface area contributed by atoms with E-state index in [4.69, 9.17) is 21.1 Å². The monoisotopic (exact) mass is 442 g/mol. The minimum absolute atomic E-state index is 0.0534. The highest BCUT2D eigenvalue weighted by Crippen LogP contribution is 2.27. The van der Waals surface area contributed by atoms with Gasteiger partial charge in [0.15, 0.2) is 6.61 Å². The Balaban J connectivity index is 2.00. The second kappa shape index (κ2) is 8.63. The molecule has 0 fully saturated rings. The van der Waals surface area contributed by atoms with E-state index in [1.807, 2.05) is 0 Å². The molecule has 10 heteroatoms. The van der Waals surface area contributed by atoms with Crippen molar-refractivity contribution in [3.8, 4) is 5.75 Å². The third-order valence-electron chi connectivity index (χ3n) is 3.15. The number of rotatable bonds is 6. The van der Waals surface area contributed by atoms with Gasteiger partial charge in [-0.3, -0.25) is 14.9 Å². The van der Waals surface area contributed by atoms with E-state index in [-0.39, 0.29) is 22.0 Å². The van der Waals surface area contributed by atoms with Crippen LogP contribution in [0.5, 0.6) is 5.75 Å². The molecule has 2 rings (SSSR count). The molecule has 0 aliphatic heterocycles. The van der Waals surface area contributed by atoms with Crippen LogP contribution in [0.25, 0.3) is 0 Å². The summed E-state index contributed by atoms with van der Waals surface area (Å²) in [6.45, 7) is -0.571. The normalized spacial score (nSPS) is 10.1. The van der Waals surface area contributed by atoms with E-state index >= 15 is 0 Å². The molecule has 0 saturated heterocycles. The molecule has 0 aromatic heterocycles. The van der Waals surface area contributed by atoms with Crippen LogP contribution in [0.1, 0.15) is 10.4 Å². The second-order valence-electron chi connectivity index (χ2n) is 4.89. The lowest BCUT2D eigenvalue weighted by atomic mass is 10.2. The first kappa shape index (κ1) is 19.7. The van der Waals surface area contributed by atoms with Gasteiger partial charge in [0.05, 0.1) is 17.6 Å². The Morgan fingerprint density at radius 2 is 2.00 bits per heavy atom. The number of carbonyl (C=O) groups excluding carboxylic acids is 2. The van der Waals surface area contributed by atoms with Gasteiger partial charge in [-0.2, -0.15) is 0 Å². The van der Waals surface area contributed by atoms with Gasteiger partial charge in [-0.1, -0.05) is 11.6 Å². The number of nitrogens with zero attached hydrogens (tertiary/aromatic N) is 1. The third kappa shape index (κ3) is 4.93. The van der Waals surface area contributed by atoms with Gasteiger partial charge in [-0.15, -0.1) is 0 Å². The van der Waals surface area contributed by atoms with Crippen molar-refractivity contribution in [2.24, 2.45) is 0 Å². The number of amides is 1. The number of nitro groups is 1. The van der Waals surface area contributed by atoms with Crippen molar-refractivity contribution >= 4 is 50.8 Å². The fourth-order valence-electron chi connectivity index (χ4n) is 1.92. The number of hydrogen-bond donors (Lipinski definition) is 1. The van der Waals surface area contributed by atoms with Gasteiger partial charge in [0.2, 0.25) is 0 Å². The maximum atomic E-state index is 12.1. The summed E-state index contributed by atoms with van der Waals surface area (Å²) >= 11 is 8.92. The van der Waals surface area contributed by atoms with Crippen molar-refractivity contribution in [1.82, 2.24) is 0 Å². The van der Waals surface area contributed by atoms with Gasteiger partial charge in [0, 0.05) is 16.2 Å². The largest absolute Gasteiger partial charge is 0.497 e. The lowest BCUT2D eigenvalue weighted by Gasteiger charge is -2.09. The molecule has 0 saturated carbocycles. The first-order valence-electron chi connectivity index (χ1n) is 7.06. The Labute approximate surface area is 161 Å². The number of hydrogen-bond acceptors (Lipinski definition) is 6. The molecule has 8 nitrogen and oxygen atoms in total. The average Bonchev–Trinajstić information content (AvgIpc) is 2.61. The number of nitro benzene ring substituents is 1. The highest BCUT2D eigenvalue weighted by molar-refractivity contribution is 9.10. The van der Waals surface area contributed by atoms with Gasteiger partial charge in [-0.25, -0.2) is 4.79 Å². The van der Waals surface area contributed by atoms with Crippen molar-refractivity contribution in [2.45, 2.75) is 0 Å². The molecule has 0 spiro atoms. The average molecular weight is 444 g/mol. The molecule has 0 aliphatic rings. The number of carbonyl (C=O) groups is 2. The second-order valence-corrected chi connectivity index (χ2v) is 6.15. The van der Waals surface area contributed by atoms with Crippen LogP contribution in [0.3, 0.4) is 0 Å². The predicted octanol–water partition coefficient (Wildman–Crippen LogP) is 3.81. The topological polar surface area (TPSA) is 108 Å². The van der Waals surface area contributed by atoms with Crippen LogP contribution in [-0.2, 0) is 9.53 Å². The Bertz CT molecular complexity index is 874. The first-order valence-corrected chi connectivity index (χ1v) is 8.23. The number of benzene rings is 2. The summed E-state index contributed by atoms with van der Waals surface area (Å²) in [5.41, 5.74) is 0.00534. The van der Waals surface area contributed by atoms with Crippen LogP contribution in [0.15, 0.2) is 40.9 Å². The van der Waals surface area contributed by atoms with E-state index < -0.39 is 23.4 Å². The molecule has 2 aromatic carbocycles. The Kier molecular flexibility index (Phi) is 6.53. The minimum Gasteiger partial charge on any atom is -0.497 e. The highest BCUT2D eigenvalue weighted by Gasteiger charge is 2.17. The summed E-state index contributed by atoms with van der Waals surface area (Å²) in [7, 11) is 1.46. The molecule has 0 atom stereocenters. The highest BCUT2D eigenvalue weighted by atomic mass is 79.9. The number of halogens is 2. The van der Waals surface area contributed by atoms with Crippen molar-refractivity contribution in [3.63, 3.8) is 0 Å². The molecule has 0 bridgehead atoms. The number of nitrogens with one attached hydrogen (secondary N) is 1. The lowest BCUT2D eigenvalue weighted by molar-refractivity contribution is -0.384. The zero-order valence-electron chi connectivity index (χ0n) is 13.3. The zero-order chi connectivity index (χ0) is 19.3. The van der Waals surface area contributed by atoms with Crippen molar-refractivity contribution in [1.29, 1.82) is 0 Å². The van der Waals surface area contributed by atoms with E-state index in [9.17, 15) is 19.7 Å². The molecular weight excluding hydrogens is 432 g/mol. The Hall–Kier alpha value is -2.65. The van der Waals surface area contributed by atoms with Crippen molar-refractivity contribution < 1.29 is 24.0 Å². The molecule has 26 heavy (non-hydrogen) atoms. The minimum atomic E-state index is -0.729. The molecule has 0 radical (unpaired) electrons. The summed E-state index contributed by atoms with van der Waals surface area (Å²) in [5, 5.41) is 13.2. The van der Waals surface area contributed by atoms with Crippen LogP contribution in [0.2, 0.25) is 5.02 Å². The van der Waals surface area contributed by atoms with Gasteiger partial charge >= 0.3 is 5.97 Å². The van der Waals surface area contributed by atoms with Crippen molar-refractivity contribution in [2.75, 3.05) is 19.0 Å². The summed E-state index contributed by atoms with van der Waals surface area (Å²) in [6.07, 6.45) is 0. The summed E-state index contributed by atoms with van der Waals surface area (Å²) < 4.78 is 10.5. The van der Waals surface area contributed by atoms with Crippen LogP contribution in [-0.4, -0.2) is 30.5 Å². The Morgan fingerprint density at radius 3 is 2.65 bits per heavy atom. The van der Waals surface area contributed by atoms with E-state index in [1.165, 1.54) is 25.3 Å². The smallest absolute Gasteiger partial charge is 0.339 e.